The summed E-state index contributed by atoms with van der Waals surface area (Å²) in [6.45, 7) is 5.49. The summed E-state index contributed by atoms with van der Waals surface area (Å²) in [5, 5.41) is 6.59. The van der Waals surface area contributed by atoms with E-state index < -0.39 is 0 Å². The van der Waals surface area contributed by atoms with E-state index >= 15 is 0 Å². The first-order chi connectivity index (χ1) is 13.0. The summed E-state index contributed by atoms with van der Waals surface area (Å²) in [5.41, 5.74) is 5.17. The number of benzene rings is 1. The predicted octanol–water partition coefficient (Wildman–Crippen LogP) is 3.19. The number of rotatable bonds is 5. The highest BCUT2D eigenvalue weighted by Crippen LogP contribution is 2.19. The first-order valence-electron chi connectivity index (χ1n) is 8.78. The van der Waals surface area contributed by atoms with Gasteiger partial charge in [0.1, 0.15) is 0 Å². The van der Waals surface area contributed by atoms with E-state index in [1.165, 1.54) is 16.9 Å². The highest BCUT2D eigenvalue weighted by molar-refractivity contribution is 7.15. The van der Waals surface area contributed by atoms with E-state index in [0.717, 1.165) is 34.3 Å². The minimum atomic E-state index is -0.0334. The Morgan fingerprint density at radius 3 is 2.70 bits per heavy atom. The van der Waals surface area contributed by atoms with Crippen molar-refractivity contribution in [3.05, 3.63) is 81.0 Å². The molecule has 0 atom stereocenters. The van der Waals surface area contributed by atoms with Crippen LogP contribution >= 0.6 is 11.3 Å². The van der Waals surface area contributed by atoms with Gasteiger partial charge in [0.05, 0.1) is 17.1 Å². The van der Waals surface area contributed by atoms with Crippen LogP contribution in [0.3, 0.4) is 0 Å². The first kappa shape index (κ1) is 17.6. The van der Waals surface area contributed by atoms with Gasteiger partial charge in [-0.25, -0.2) is 9.67 Å². The van der Waals surface area contributed by atoms with Gasteiger partial charge < -0.3 is 0 Å². The molecule has 0 saturated heterocycles. The molecule has 0 aliphatic rings. The van der Waals surface area contributed by atoms with Gasteiger partial charge in [-0.1, -0.05) is 18.2 Å². The molecule has 1 aromatic carbocycles. The number of fused-ring (bicyclic) bond motifs is 1. The van der Waals surface area contributed by atoms with E-state index in [0.29, 0.717) is 6.54 Å². The van der Waals surface area contributed by atoms with E-state index in [1.807, 2.05) is 42.2 Å². The molecule has 138 valence electrons. The number of hydrogen-bond donors (Lipinski definition) is 0. The quantitative estimate of drug-likeness (QED) is 0.534. The van der Waals surface area contributed by atoms with Crippen LogP contribution in [0.4, 0.5) is 0 Å². The summed E-state index contributed by atoms with van der Waals surface area (Å²) in [4.78, 5) is 19.7. The van der Waals surface area contributed by atoms with Crippen LogP contribution in [0.2, 0.25) is 0 Å². The van der Waals surface area contributed by atoms with Gasteiger partial charge in [0.25, 0.3) is 5.56 Å². The Hall–Kier alpha value is -2.77. The van der Waals surface area contributed by atoms with Crippen LogP contribution in [0.25, 0.3) is 10.6 Å². The molecule has 0 bridgehead atoms. The molecule has 0 amide bonds. The Bertz CT molecular complexity index is 1140. The molecule has 3 heterocycles. The number of thiazole rings is 1. The number of aryl methyl sites for hydroxylation is 1. The van der Waals surface area contributed by atoms with Gasteiger partial charge in [0.15, 0.2) is 4.96 Å². The lowest BCUT2D eigenvalue weighted by molar-refractivity contribution is 0.314. The maximum absolute atomic E-state index is 12.2. The first-order valence-corrected chi connectivity index (χ1v) is 9.66. The van der Waals surface area contributed by atoms with Gasteiger partial charge in [-0.3, -0.25) is 14.1 Å². The fourth-order valence-corrected chi connectivity index (χ4v) is 4.03. The zero-order valence-corrected chi connectivity index (χ0v) is 16.4. The normalized spacial score (nSPS) is 11.6. The zero-order valence-electron chi connectivity index (χ0n) is 15.6. The van der Waals surface area contributed by atoms with Crippen molar-refractivity contribution in [2.75, 3.05) is 7.05 Å². The maximum Gasteiger partial charge on any atom is 0.258 e. The van der Waals surface area contributed by atoms with Crippen molar-refractivity contribution in [3.63, 3.8) is 0 Å². The minimum absolute atomic E-state index is 0.0334. The van der Waals surface area contributed by atoms with E-state index in [2.05, 4.69) is 28.9 Å². The molecule has 0 spiro atoms. The Labute approximate surface area is 161 Å². The summed E-state index contributed by atoms with van der Waals surface area (Å²) < 4.78 is 3.56. The molecule has 6 nitrogen and oxygen atoms in total. The van der Waals surface area contributed by atoms with Crippen LogP contribution in [0, 0.1) is 13.8 Å². The molecule has 0 fully saturated rings. The summed E-state index contributed by atoms with van der Waals surface area (Å²) >= 11 is 1.47. The van der Waals surface area contributed by atoms with Gasteiger partial charge in [0.2, 0.25) is 0 Å². The molecule has 7 heteroatoms. The molecule has 4 aromatic rings. The van der Waals surface area contributed by atoms with Crippen molar-refractivity contribution < 1.29 is 0 Å². The molecular formula is C20H21N5OS. The van der Waals surface area contributed by atoms with Crippen LogP contribution < -0.4 is 5.56 Å². The molecule has 0 radical (unpaired) electrons. The Morgan fingerprint density at radius 2 is 1.93 bits per heavy atom. The summed E-state index contributed by atoms with van der Waals surface area (Å²) in [5.74, 6) is 0. The van der Waals surface area contributed by atoms with Crippen LogP contribution in [0.5, 0.6) is 0 Å². The molecule has 4 rings (SSSR count). The molecule has 0 aliphatic heterocycles. The van der Waals surface area contributed by atoms with Gasteiger partial charge >= 0.3 is 0 Å². The third-order valence-corrected chi connectivity index (χ3v) is 5.41. The van der Waals surface area contributed by atoms with Crippen molar-refractivity contribution in [2.45, 2.75) is 26.9 Å². The Kier molecular flexibility index (Phi) is 4.63. The van der Waals surface area contributed by atoms with Crippen molar-refractivity contribution in [3.8, 4) is 5.69 Å². The zero-order chi connectivity index (χ0) is 19.0. The van der Waals surface area contributed by atoms with E-state index in [-0.39, 0.29) is 5.56 Å². The summed E-state index contributed by atoms with van der Waals surface area (Å²) in [6, 6.07) is 11.8. The Morgan fingerprint density at radius 1 is 1.15 bits per heavy atom. The van der Waals surface area contributed by atoms with Crippen molar-refractivity contribution in [1.29, 1.82) is 0 Å². The van der Waals surface area contributed by atoms with E-state index in [1.54, 1.807) is 16.7 Å². The van der Waals surface area contributed by atoms with Crippen molar-refractivity contribution >= 4 is 16.3 Å². The van der Waals surface area contributed by atoms with Crippen LogP contribution in [-0.2, 0) is 13.1 Å². The van der Waals surface area contributed by atoms with Crippen LogP contribution in [0.15, 0.2) is 52.8 Å². The van der Waals surface area contributed by atoms with Crippen LogP contribution in [-0.4, -0.2) is 31.1 Å². The molecule has 0 saturated carbocycles. The van der Waals surface area contributed by atoms with Gasteiger partial charge in [-0.2, -0.15) is 5.10 Å². The van der Waals surface area contributed by atoms with Gasteiger partial charge in [-0.05, 0) is 33.0 Å². The summed E-state index contributed by atoms with van der Waals surface area (Å²) in [7, 11) is 2.04. The standard InChI is InChI=1S/C20H21N5OS/c1-14-18(15(2)25(22-14)17-7-5-4-6-8-17)13-23(3)12-16-11-19(26)24-9-10-27-20(24)21-16/h4-11H,12-13H2,1-3H3. The minimum Gasteiger partial charge on any atom is -0.296 e. The third kappa shape index (κ3) is 3.43. The molecule has 0 N–H and O–H groups in total. The smallest absolute Gasteiger partial charge is 0.258 e. The Balaban J connectivity index is 1.56. The van der Waals surface area contributed by atoms with Crippen molar-refractivity contribution in [1.82, 2.24) is 24.1 Å². The van der Waals surface area contributed by atoms with Crippen molar-refractivity contribution in [2.24, 2.45) is 0 Å². The second kappa shape index (κ2) is 7.09. The number of hydrogen-bond acceptors (Lipinski definition) is 5. The molecular weight excluding hydrogens is 358 g/mol. The van der Waals surface area contributed by atoms with Crippen LogP contribution in [0.1, 0.15) is 22.6 Å². The SMILES string of the molecule is Cc1nn(-c2ccccc2)c(C)c1CN(C)Cc1cc(=O)n2ccsc2n1. The monoisotopic (exact) mass is 379 g/mol. The average molecular weight is 379 g/mol. The highest BCUT2D eigenvalue weighted by Gasteiger charge is 2.15. The number of aromatic nitrogens is 4. The second-order valence-electron chi connectivity index (χ2n) is 6.71. The lowest BCUT2D eigenvalue weighted by atomic mass is 10.2. The second-order valence-corrected chi connectivity index (χ2v) is 7.58. The third-order valence-electron chi connectivity index (χ3n) is 4.66. The van der Waals surface area contributed by atoms with Gasteiger partial charge in [-0.15, -0.1) is 11.3 Å². The molecule has 0 unspecified atom stereocenters. The van der Waals surface area contributed by atoms with E-state index in [9.17, 15) is 4.79 Å². The molecule has 3 aromatic heterocycles. The fourth-order valence-electron chi connectivity index (χ4n) is 3.30. The number of nitrogens with zero attached hydrogens (tertiary/aromatic N) is 5. The maximum atomic E-state index is 12.2. The average Bonchev–Trinajstić information content (AvgIpc) is 3.23. The molecule has 0 aliphatic carbocycles. The fraction of sp³-hybridized carbons (Fsp3) is 0.250. The van der Waals surface area contributed by atoms with Gasteiger partial charge in [0, 0.05) is 42.0 Å². The summed E-state index contributed by atoms with van der Waals surface area (Å²) in [6.07, 6.45) is 1.76. The lowest BCUT2D eigenvalue weighted by Gasteiger charge is -2.16. The molecule has 27 heavy (non-hydrogen) atoms. The van der Waals surface area contributed by atoms with E-state index in [4.69, 9.17) is 5.10 Å². The predicted molar refractivity (Wildman–Crippen MR) is 108 cm³/mol. The topological polar surface area (TPSA) is 55.4 Å². The lowest BCUT2D eigenvalue weighted by Crippen LogP contribution is -2.21. The highest BCUT2D eigenvalue weighted by atomic mass is 32.1. The largest absolute Gasteiger partial charge is 0.296 e. The number of para-hydroxylation sites is 1.